The molecule has 1 heterocycles. The highest BCUT2D eigenvalue weighted by Crippen LogP contribution is 2.35. The van der Waals surface area contributed by atoms with Crippen molar-refractivity contribution in [1.29, 1.82) is 0 Å². The Kier molecular flexibility index (Phi) is 6.63. The van der Waals surface area contributed by atoms with Crippen LogP contribution < -0.4 is 5.73 Å². The van der Waals surface area contributed by atoms with Crippen molar-refractivity contribution in [1.82, 2.24) is 0 Å². The number of hydrogen-bond acceptors (Lipinski definition) is 5. The van der Waals surface area contributed by atoms with Crippen LogP contribution >= 0.6 is 0 Å². The molecule has 2 N–H and O–H groups in total. The number of esters is 1. The SMILES string of the molecule is CCC1(CC)O[C@H](CCN)C[C@H](CC(=O)OC(C)(C)C)O1. The molecule has 1 aliphatic rings. The van der Waals surface area contributed by atoms with E-state index in [1.165, 1.54) is 0 Å². The molecule has 0 aromatic heterocycles. The van der Waals surface area contributed by atoms with E-state index in [2.05, 4.69) is 0 Å². The summed E-state index contributed by atoms with van der Waals surface area (Å²) in [6, 6.07) is 0. The molecule has 1 rings (SSSR count). The number of hydrogen-bond donors (Lipinski definition) is 1. The third kappa shape index (κ3) is 5.93. The second kappa shape index (κ2) is 7.56. The highest BCUT2D eigenvalue weighted by Gasteiger charge is 2.40. The number of nitrogens with two attached hydrogens (primary N) is 1. The molecule has 1 fully saturated rings. The number of rotatable bonds is 6. The van der Waals surface area contributed by atoms with E-state index in [4.69, 9.17) is 19.9 Å². The first kappa shape index (κ1) is 18.4. The summed E-state index contributed by atoms with van der Waals surface area (Å²) in [5.41, 5.74) is 5.18. The van der Waals surface area contributed by atoms with E-state index >= 15 is 0 Å². The highest BCUT2D eigenvalue weighted by atomic mass is 16.7. The van der Waals surface area contributed by atoms with E-state index in [1.54, 1.807) is 0 Å². The monoisotopic (exact) mass is 301 g/mol. The van der Waals surface area contributed by atoms with Crippen molar-refractivity contribution in [3.05, 3.63) is 0 Å². The minimum atomic E-state index is -0.592. The van der Waals surface area contributed by atoms with E-state index in [9.17, 15) is 4.79 Å². The van der Waals surface area contributed by atoms with Crippen LogP contribution in [0.25, 0.3) is 0 Å². The van der Waals surface area contributed by atoms with E-state index in [1.807, 2.05) is 34.6 Å². The lowest BCUT2D eigenvalue weighted by Crippen LogP contribution is -2.49. The van der Waals surface area contributed by atoms with Crippen LogP contribution in [-0.2, 0) is 19.0 Å². The number of carbonyl (C=O) groups excluding carboxylic acids is 1. The maximum absolute atomic E-state index is 12.0. The Labute approximate surface area is 128 Å². The standard InChI is InChI=1S/C16H31NO4/c1-6-16(7-2)19-12(8-9-17)10-13(20-16)11-14(18)21-15(3,4)5/h12-13H,6-11,17H2,1-5H3/t12-,13-/m1/s1. The highest BCUT2D eigenvalue weighted by molar-refractivity contribution is 5.70. The molecule has 0 aromatic rings. The maximum atomic E-state index is 12.0. The van der Waals surface area contributed by atoms with Crippen LogP contribution in [0, 0.1) is 0 Å². The first-order valence-electron chi connectivity index (χ1n) is 8.01. The van der Waals surface area contributed by atoms with Crippen molar-refractivity contribution in [2.24, 2.45) is 5.73 Å². The number of carbonyl (C=O) groups is 1. The molecule has 0 amide bonds. The second-order valence-electron chi connectivity index (χ2n) is 6.70. The Morgan fingerprint density at radius 2 is 1.81 bits per heavy atom. The second-order valence-corrected chi connectivity index (χ2v) is 6.70. The summed E-state index contributed by atoms with van der Waals surface area (Å²) in [7, 11) is 0. The third-order valence-electron chi connectivity index (χ3n) is 3.67. The van der Waals surface area contributed by atoms with Crippen LogP contribution in [0.5, 0.6) is 0 Å². The van der Waals surface area contributed by atoms with Gasteiger partial charge < -0.3 is 19.9 Å². The average molecular weight is 301 g/mol. The van der Waals surface area contributed by atoms with Crippen LogP contribution in [0.15, 0.2) is 0 Å². The van der Waals surface area contributed by atoms with E-state index in [0.717, 1.165) is 19.3 Å². The van der Waals surface area contributed by atoms with Crippen LogP contribution in [0.1, 0.15) is 66.7 Å². The predicted octanol–water partition coefficient (Wildman–Crippen LogP) is 2.76. The van der Waals surface area contributed by atoms with Crippen LogP contribution in [0.3, 0.4) is 0 Å². The first-order chi connectivity index (χ1) is 9.73. The smallest absolute Gasteiger partial charge is 0.308 e. The Bertz CT molecular complexity index is 334. The number of ether oxygens (including phenoxy) is 3. The maximum Gasteiger partial charge on any atom is 0.308 e. The molecular formula is C16H31NO4. The summed E-state index contributed by atoms with van der Waals surface area (Å²) in [5, 5.41) is 0. The molecule has 0 bridgehead atoms. The van der Waals surface area contributed by atoms with E-state index < -0.39 is 11.4 Å². The molecule has 124 valence electrons. The van der Waals surface area contributed by atoms with E-state index in [0.29, 0.717) is 13.0 Å². The largest absolute Gasteiger partial charge is 0.460 e. The van der Waals surface area contributed by atoms with Gasteiger partial charge in [0.25, 0.3) is 0 Å². The van der Waals surface area contributed by atoms with Gasteiger partial charge >= 0.3 is 5.97 Å². The van der Waals surface area contributed by atoms with Crippen molar-refractivity contribution in [2.45, 2.75) is 90.3 Å². The molecule has 5 nitrogen and oxygen atoms in total. The molecule has 5 heteroatoms. The molecule has 0 aromatic carbocycles. The van der Waals surface area contributed by atoms with Gasteiger partial charge in [-0.2, -0.15) is 0 Å². The van der Waals surface area contributed by atoms with Gasteiger partial charge in [-0.25, -0.2) is 0 Å². The summed E-state index contributed by atoms with van der Waals surface area (Å²) in [6.45, 7) is 10.3. The van der Waals surface area contributed by atoms with Gasteiger partial charge in [0.15, 0.2) is 5.79 Å². The van der Waals surface area contributed by atoms with Gasteiger partial charge in [0, 0.05) is 6.42 Å². The van der Waals surface area contributed by atoms with Crippen molar-refractivity contribution in [2.75, 3.05) is 6.54 Å². The Morgan fingerprint density at radius 1 is 1.24 bits per heavy atom. The molecule has 0 unspecified atom stereocenters. The van der Waals surface area contributed by atoms with Gasteiger partial charge in [0.2, 0.25) is 0 Å². The lowest BCUT2D eigenvalue weighted by atomic mass is 10.00. The van der Waals surface area contributed by atoms with Crippen molar-refractivity contribution in [3.8, 4) is 0 Å². The van der Waals surface area contributed by atoms with Crippen molar-refractivity contribution >= 4 is 5.97 Å². The molecule has 21 heavy (non-hydrogen) atoms. The zero-order valence-corrected chi connectivity index (χ0v) is 14.1. The minimum absolute atomic E-state index is 0.0519. The topological polar surface area (TPSA) is 70.8 Å². The van der Waals surface area contributed by atoms with Crippen LogP contribution in [0.2, 0.25) is 0 Å². The molecule has 0 aliphatic carbocycles. The average Bonchev–Trinajstić information content (AvgIpc) is 2.36. The Balaban J connectivity index is 2.69. The van der Waals surface area contributed by atoms with Crippen molar-refractivity contribution in [3.63, 3.8) is 0 Å². The fourth-order valence-electron chi connectivity index (χ4n) is 2.66. The lowest BCUT2D eigenvalue weighted by molar-refractivity contribution is -0.321. The molecule has 2 atom stereocenters. The summed E-state index contributed by atoms with van der Waals surface area (Å²) in [4.78, 5) is 12.0. The summed E-state index contributed by atoms with van der Waals surface area (Å²) in [5.74, 6) is -0.813. The lowest BCUT2D eigenvalue weighted by Gasteiger charge is -2.44. The molecule has 0 spiro atoms. The zero-order chi connectivity index (χ0) is 16.1. The van der Waals surface area contributed by atoms with Gasteiger partial charge in [-0.1, -0.05) is 13.8 Å². The third-order valence-corrected chi connectivity index (χ3v) is 3.67. The van der Waals surface area contributed by atoms with Gasteiger partial charge in [-0.05, 0) is 46.6 Å². The van der Waals surface area contributed by atoms with Crippen LogP contribution in [-0.4, -0.2) is 36.1 Å². The van der Waals surface area contributed by atoms with Gasteiger partial charge in [-0.15, -0.1) is 0 Å². The molecule has 1 aliphatic heterocycles. The van der Waals surface area contributed by atoms with Gasteiger partial charge in [-0.3, -0.25) is 4.79 Å². The van der Waals surface area contributed by atoms with Crippen molar-refractivity contribution < 1.29 is 19.0 Å². The summed E-state index contributed by atoms with van der Waals surface area (Å²) in [6.07, 6.45) is 3.16. The fourth-order valence-corrected chi connectivity index (χ4v) is 2.66. The Hall–Kier alpha value is -0.650. The quantitative estimate of drug-likeness (QED) is 0.764. The normalized spacial score (nSPS) is 25.6. The predicted molar refractivity (Wildman–Crippen MR) is 81.8 cm³/mol. The van der Waals surface area contributed by atoms with Crippen LogP contribution in [0.4, 0.5) is 0 Å². The first-order valence-corrected chi connectivity index (χ1v) is 8.01. The summed E-state index contributed by atoms with van der Waals surface area (Å²) >= 11 is 0. The van der Waals surface area contributed by atoms with Gasteiger partial charge in [0.1, 0.15) is 5.60 Å². The fraction of sp³-hybridized carbons (Fsp3) is 0.938. The molecule has 0 saturated carbocycles. The van der Waals surface area contributed by atoms with Gasteiger partial charge in [0.05, 0.1) is 18.6 Å². The Morgan fingerprint density at radius 3 is 2.29 bits per heavy atom. The zero-order valence-electron chi connectivity index (χ0n) is 14.1. The summed E-state index contributed by atoms with van der Waals surface area (Å²) < 4.78 is 17.5. The molecule has 0 radical (unpaired) electrons. The molecular weight excluding hydrogens is 270 g/mol. The molecule has 1 saturated heterocycles. The minimum Gasteiger partial charge on any atom is -0.460 e. The van der Waals surface area contributed by atoms with E-state index in [-0.39, 0.29) is 24.6 Å².